The van der Waals surface area contributed by atoms with Gasteiger partial charge in [0.1, 0.15) is 0 Å². The third-order valence-electron chi connectivity index (χ3n) is 1.36. The molecule has 0 amide bonds. The molecule has 0 heterocycles. The van der Waals surface area contributed by atoms with Gasteiger partial charge in [0.05, 0.1) is 6.57 Å². The van der Waals surface area contributed by atoms with Crippen LogP contribution in [-0.2, 0) is 4.79 Å². The first kappa shape index (κ1) is 6.81. The van der Waals surface area contributed by atoms with Crippen molar-refractivity contribution in [2.75, 3.05) is 0 Å². The maximum atomic E-state index is 10.2. The number of rotatable bonds is 2. The predicted octanol–water partition coefficient (Wildman–Crippen LogP) is 1.28. The molecule has 0 spiro atoms. The monoisotopic (exact) mass is 137 g/mol. The molecule has 0 atom stereocenters. The van der Waals surface area contributed by atoms with Crippen molar-refractivity contribution in [3.05, 3.63) is 23.2 Å². The Bertz CT molecular complexity index is 220. The van der Waals surface area contributed by atoms with Crippen molar-refractivity contribution in [1.82, 2.24) is 0 Å². The van der Waals surface area contributed by atoms with Gasteiger partial charge in [0, 0.05) is 0 Å². The molecule has 0 aromatic carbocycles. The zero-order chi connectivity index (χ0) is 7.56. The number of aliphatic carboxylic acids is 1. The number of carboxylic acid groups (broad SMARTS) is 1. The fourth-order valence-electron chi connectivity index (χ4n) is 0.643. The Morgan fingerprint density at radius 1 is 1.70 bits per heavy atom. The predicted molar refractivity (Wildman–Crippen MR) is 35.0 cm³/mol. The summed E-state index contributed by atoms with van der Waals surface area (Å²) in [5.74, 6) is -0.748. The van der Waals surface area contributed by atoms with E-state index in [4.69, 9.17) is 11.7 Å². The number of hydrogen-bond acceptors (Lipinski definition) is 1. The van der Waals surface area contributed by atoms with E-state index >= 15 is 0 Å². The fraction of sp³-hybridized carbons (Fsp3) is 0.429. The van der Waals surface area contributed by atoms with E-state index in [1.165, 1.54) is 6.08 Å². The van der Waals surface area contributed by atoms with Gasteiger partial charge in [0.2, 0.25) is 0 Å². The van der Waals surface area contributed by atoms with Crippen molar-refractivity contribution in [3.63, 3.8) is 0 Å². The molecule has 10 heavy (non-hydrogen) atoms. The lowest BCUT2D eigenvalue weighted by Crippen LogP contribution is -1.95. The van der Waals surface area contributed by atoms with Crippen molar-refractivity contribution in [2.45, 2.75) is 12.8 Å². The van der Waals surface area contributed by atoms with Gasteiger partial charge < -0.3 is 5.11 Å². The number of allylic oxidation sites excluding steroid dienone is 1. The van der Waals surface area contributed by atoms with E-state index in [9.17, 15) is 4.79 Å². The molecule has 52 valence electrons. The number of carbonyl (C=O) groups is 1. The molecule has 0 radical (unpaired) electrons. The molecule has 1 aliphatic rings. The van der Waals surface area contributed by atoms with E-state index in [2.05, 4.69) is 4.85 Å². The molecule has 0 aliphatic heterocycles. The summed E-state index contributed by atoms with van der Waals surface area (Å²) in [5.41, 5.74) is -0.137. The quantitative estimate of drug-likeness (QED) is 0.460. The molecule has 1 N–H and O–H groups in total. The number of hydrogen-bond donors (Lipinski definition) is 1. The fourth-order valence-corrected chi connectivity index (χ4v) is 0.643. The lowest BCUT2D eigenvalue weighted by atomic mass is 10.3. The van der Waals surface area contributed by atoms with Gasteiger partial charge in [0.15, 0.2) is 0 Å². The van der Waals surface area contributed by atoms with Crippen LogP contribution in [0.5, 0.6) is 0 Å². The van der Waals surface area contributed by atoms with Crippen molar-refractivity contribution in [1.29, 1.82) is 0 Å². The summed E-state index contributed by atoms with van der Waals surface area (Å²) < 4.78 is 0. The first-order chi connectivity index (χ1) is 4.74. The Morgan fingerprint density at radius 3 is 2.60 bits per heavy atom. The summed E-state index contributed by atoms with van der Waals surface area (Å²) in [6.07, 6.45) is 3.61. The Morgan fingerprint density at radius 2 is 2.30 bits per heavy atom. The SMILES string of the molecule is [C-]#[N+]C(=CC1CC1)C(=O)O. The third kappa shape index (κ3) is 1.59. The normalized spacial score (nSPS) is 18.1. The standard InChI is InChI=1S/C7H7NO2/c1-8-6(7(9)10)4-5-2-3-5/h4-5H,2-3H2,(H,9,10). The zero-order valence-electron chi connectivity index (χ0n) is 5.37. The first-order valence-electron chi connectivity index (χ1n) is 3.06. The summed E-state index contributed by atoms with van der Waals surface area (Å²) in [7, 11) is 0. The second-order valence-corrected chi connectivity index (χ2v) is 2.31. The molecule has 3 nitrogen and oxygen atoms in total. The molecular weight excluding hydrogens is 130 g/mol. The van der Waals surface area contributed by atoms with Gasteiger partial charge in [-0.3, -0.25) is 4.79 Å². The average molecular weight is 137 g/mol. The first-order valence-corrected chi connectivity index (χ1v) is 3.06. The highest BCUT2D eigenvalue weighted by atomic mass is 16.4. The second kappa shape index (κ2) is 2.53. The van der Waals surface area contributed by atoms with Crippen LogP contribution < -0.4 is 0 Å². The zero-order valence-corrected chi connectivity index (χ0v) is 5.37. The molecule has 0 saturated heterocycles. The van der Waals surface area contributed by atoms with E-state index < -0.39 is 5.97 Å². The summed E-state index contributed by atoms with van der Waals surface area (Å²) in [5, 5.41) is 8.37. The minimum absolute atomic E-state index is 0.137. The highest BCUT2D eigenvalue weighted by Crippen LogP contribution is 2.31. The average Bonchev–Trinajstić information content (AvgIpc) is 2.64. The molecule has 0 bridgehead atoms. The lowest BCUT2D eigenvalue weighted by Gasteiger charge is -1.86. The largest absolute Gasteiger partial charge is 0.486 e. The maximum absolute atomic E-state index is 10.2. The highest BCUT2D eigenvalue weighted by Gasteiger charge is 2.21. The molecule has 0 unspecified atom stereocenters. The van der Waals surface area contributed by atoms with Crippen LogP contribution in [-0.4, -0.2) is 11.1 Å². The van der Waals surface area contributed by atoms with Crippen molar-refractivity contribution >= 4 is 5.97 Å². The molecule has 1 fully saturated rings. The van der Waals surface area contributed by atoms with Crippen molar-refractivity contribution in [2.24, 2.45) is 5.92 Å². The molecular formula is C7H7NO2. The van der Waals surface area contributed by atoms with Gasteiger partial charge in [0.25, 0.3) is 5.70 Å². The van der Waals surface area contributed by atoms with Gasteiger partial charge in [-0.1, -0.05) is 6.08 Å². The molecule has 3 heteroatoms. The molecule has 1 saturated carbocycles. The van der Waals surface area contributed by atoms with Gasteiger partial charge in [-0.05, 0) is 18.8 Å². The van der Waals surface area contributed by atoms with Gasteiger partial charge in [-0.25, -0.2) is 4.85 Å². The van der Waals surface area contributed by atoms with Crippen LogP contribution in [0, 0.1) is 12.5 Å². The topological polar surface area (TPSA) is 41.7 Å². The Hall–Kier alpha value is -1.30. The van der Waals surface area contributed by atoms with Crippen LogP contribution in [0.25, 0.3) is 4.85 Å². The maximum Gasteiger partial charge on any atom is 0.333 e. The van der Waals surface area contributed by atoms with Crippen LogP contribution in [0.2, 0.25) is 0 Å². The Kier molecular flexibility index (Phi) is 1.72. The second-order valence-electron chi connectivity index (χ2n) is 2.31. The van der Waals surface area contributed by atoms with Crippen LogP contribution in [0.4, 0.5) is 0 Å². The number of carboxylic acids is 1. The van der Waals surface area contributed by atoms with Crippen LogP contribution in [0.15, 0.2) is 11.8 Å². The third-order valence-corrected chi connectivity index (χ3v) is 1.36. The Balaban J connectivity index is 2.64. The molecule has 0 aromatic heterocycles. The van der Waals surface area contributed by atoms with E-state index in [0.29, 0.717) is 5.92 Å². The molecule has 1 aliphatic carbocycles. The van der Waals surface area contributed by atoms with Gasteiger partial charge in [-0.2, -0.15) is 0 Å². The van der Waals surface area contributed by atoms with Crippen LogP contribution >= 0.6 is 0 Å². The van der Waals surface area contributed by atoms with Crippen molar-refractivity contribution < 1.29 is 9.90 Å². The lowest BCUT2D eigenvalue weighted by molar-refractivity contribution is -0.132. The summed E-state index contributed by atoms with van der Waals surface area (Å²) in [4.78, 5) is 13.1. The molecule has 1 rings (SSSR count). The van der Waals surface area contributed by atoms with Crippen LogP contribution in [0.1, 0.15) is 12.8 Å². The van der Waals surface area contributed by atoms with Gasteiger partial charge in [-0.15, -0.1) is 0 Å². The van der Waals surface area contributed by atoms with Gasteiger partial charge >= 0.3 is 5.97 Å². The summed E-state index contributed by atoms with van der Waals surface area (Å²) in [6, 6.07) is 0. The summed E-state index contributed by atoms with van der Waals surface area (Å²) in [6.45, 7) is 6.49. The van der Waals surface area contributed by atoms with Crippen LogP contribution in [0.3, 0.4) is 0 Å². The summed E-state index contributed by atoms with van der Waals surface area (Å²) >= 11 is 0. The van der Waals surface area contributed by atoms with E-state index in [-0.39, 0.29) is 5.70 Å². The number of nitrogens with zero attached hydrogens (tertiary/aromatic N) is 1. The van der Waals surface area contributed by atoms with E-state index in [1.807, 2.05) is 0 Å². The molecule has 0 aromatic rings. The minimum atomic E-state index is -1.11. The Labute approximate surface area is 58.8 Å². The minimum Gasteiger partial charge on any atom is -0.486 e. The highest BCUT2D eigenvalue weighted by molar-refractivity contribution is 5.88. The van der Waals surface area contributed by atoms with E-state index in [1.54, 1.807) is 0 Å². The smallest absolute Gasteiger partial charge is 0.333 e. The van der Waals surface area contributed by atoms with E-state index in [0.717, 1.165) is 12.8 Å². The van der Waals surface area contributed by atoms with Crippen molar-refractivity contribution in [3.8, 4) is 0 Å².